The van der Waals surface area contributed by atoms with Gasteiger partial charge in [-0.15, -0.1) is 0 Å². The zero-order chi connectivity index (χ0) is 21.2. The van der Waals surface area contributed by atoms with E-state index in [-0.39, 0.29) is 17.6 Å². The second kappa shape index (κ2) is 8.54. The number of nitrogens with one attached hydrogen (secondary N) is 1. The van der Waals surface area contributed by atoms with E-state index in [1.165, 1.54) is 6.07 Å². The molecule has 0 bridgehead atoms. The Kier molecular flexibility index (Phi) is 6.79. The summed E-state index contributed by atoms with van der Waals surface area (Å²) in [6, 6.07) is 1.28. The molecule has 28 heavy (non-hydrogen) atoms. The molecule has 2 N–H and O–H groups in total. The minimum atomic E-state index is -2.83. The largest absolute Gasteiger partial charge is 0.454 e. The lowest BCUT2D eigenvalue weighted by Crippen LogP contribution is -2.44. The molecule has 0 radical (unpaired) electrons. The van der Waals surface area contributed by atoms with Crippen LogP contribution in [0.1, 0.15) is 33.9 Å². The van der Waals surface area contributed by atoms with E-state index in [1.54, 1.807) is 27.7 Å². The Morgan fingerprint density at radius 1 is 1.43 bits per heavy atom. The highest BCUT2D eigenvalue weighted by molar-refractivity contribution is 6.23. The monoisotopic (exact) mass is 419 g/mol. The lowest BCUT2D eigenvalue weighted by atomic mass is 10.1. The Hall–Kier alpha value is -2.04. The number of rotatable bonds is 6. The first-order chi connectivity index (χ1) is 13.0. The number of amides is 1. The maximum Gasteiger partial charge on any atom is 0.351 e. The molecule has 11 heteroatoms. The molecule has 1 fully saturated rings. The van der Waals surface area contributed by atoms with Crippen LogP contribution in [-0.2, 0) is 19.1 Å². The van der Waals surface area contributed by atoms with Gasteiger partial charge in [0.15, 0.2) is 12.3 Å². The average molecular weight is 420 g/mol. The molecule has 1 aliphatic rings. The Labute approximate surface area is 165 Å². The van der Waals surface area contributed by atoms with E-state index in [0.717, 1.165) is 10.8 Å². The quantitative estimate of drug-likeness (QED) is 0.525. The molecule has 0 aliphatic carbocycles. The molecule has 1 aromatic heterocycles. The fourth-order valence-corrected chi connectivity index (χ4v) is 2.79. The number of nitrogens with zero attached hydrogens (tertiary/aromatic N) is 2. The van der Waals surface area contributed by atoms with Crippen LogP contribution in [0.5, 0.6) is 0 Å². The van der Waals surface area contributed by atoms with Crippen molar-refractivity contribution in [1.82, 2.24) is 9.55 Å². The lowest BCUT2D eigenvalue weighted by Gasteiger charge is -2.26. The zero-order valence-corrected chi connectivity index (χ0v) is 16.6. The van der Waals surface area contributed by atoms with Gasteiger partial charge in [-0.1, -0.05) is 39.3 Å². The summed E-state index contributed by atoms with van der Waals surface area (Å²) in [6.07, 6.45) is -3.46. The van der Waals surface area contributed by atoms with Gasteiger partial charge in [0.2, 0.25) is 5.91 Å². The SMILES string of the molecule is CC(C)C(=O)Nc1ccn(C2O[C@H](CO)[C@@H](OC(=O)C(C)C)[C@]2(F)Cl)c(=O)n1. The van der Waals surface area contributed by atoms with Crippen LogP contribution in [0.3, 0.4) is 0 Å². The Morgan fingerprint density at radius 2 is 2.07 bits per heavy atom. The fraction of sp³-hybridized carbons (Fsp3) is 0.647. The van der Waals surface area contributed by atoms with Crippen molar-refractivity contribution >= 4 is 29.3 Å². The third-order valence-electron chi connectivity index (χ3n) is 4.10. The van der Waals surface area contributed by atoms with Gasteiger partial charge in [-0.3, -0.25) is 14.2 Å². The van der Waals surface area contributed by atoms with Crippen LogP contribution >= 0.6 is 11.6 Å². The fourth-order valence-electron chi connectivity index (χ4n) is 2.45. The molecule has 1 aliphatic heterocycles. The molecular weight excluding hydrogens is 397 g/mol. The second-order valence-corrected chi connectivity index (χ2v) is 7.62. The number of anilines is 1. The summed E-state index contributed by atoms with van der Waals surface area (Å²) in [4.78, 5) is 39.6. The van der Waals surface area contributed by atoms with Crippen molar-refractivity contribution in [1.29, 1.82) is 0 Å². The maximum atomic E-state index is 15.3. The van der Waals surface area contributed by atoms with E-state index in [0.29, 0.717) is 0 Å². The molecule has 4 atom stereocenters. The van der Waals surface area contributed by atoms with E-state index in [1.807, 2.05) is 0 Å². The number of halogens is 2. The molecule has 1 aromatic rings. The number of hydrogen-bond donors (Lipinski definition) is 2. The number of esters is 1. The van der Waals surface area contributed by atoms with Crippen molar-refractivity contribution in [3.8, 4) is 0 Å². The third-order valence-corrected chi connectivity index (χ3v) is 4.50. The highest BCUT2D eigenvalue weighted by atomic mass is 35.5. The highest BCUT2D eigenvalue weighted by Gasteiger charge is 2.60. The topological polar surface area (TPSA) is 120 Å². The van der Waals surface area contributed by atoms with E-state index in [9.17, 15) is 19.5 Å². The lowest BCUT2D eigenvalue weighted by molar-refractivity contribution is -0.159. The first-order valence-corrected chi connectivity index (χ1v) is 9.11. The molecule has 0 saturated carbocycles. The zero-order valence-electron chi connectivity index (χ0n) is 15.9. The number of aliphatic hydroxyl groups excluding tert-OH is 1. The smallest absolute Gasteiger partial charge is 0.351 e. The van der Waals surface area contributed by atoms with Crippen LogP contribution < -0.4 is 11.0 Å². The number of alkyl halides is 2. The number of aromatic nitrogens is 2. The summed E-state index contributed by atoms with van der Waals surface area (Å²) in [6.45, 7) is 5.76. The van der Waals surface area contributed by atoms with Crippen molar-refractivity contribution in [2.75, 3.05) is 11.9 Å². The van der Waals surface area contributed by atoms with Gasteiger partial charge in [0.05, 0.1) is 12.5 Å². The van der Waals surface area contributed by atoms with Crippen molar-refractivity contribution in [2.24, 2.45) is 11.8 Å². The Bertz CT molecular complexity index is 797. The van der Waals surface area contributed by atoms with Crippen LogP contribution in [0.4, 0.5) is 10.2 Å². The van der Waals surface area contributed by atoms with Gasteiger partial charge in [0.1, 0.15) is 11.9 Å². The average Bonchev–Trinajstić information content (AvgIpc) is 2.85. The second-order valence-electron chi connectivity index (χ2n) is 7.04. The van der Waals surface area contributed by atoms with Crippen LogP contribution in [-0.4, -0.2) is 50.5 Å². The molecule has 0 spiro atoms. The predicted octanol–water partition coefficient (Wildman–Crippen LogP) is 1.20. The van der Waals surface area contributed by atoms with Gasteiger partial charge in [-0.2, -0.15) is 4.98 Å². The summed E-state index contributed by atoms with van der Waals surface area (Å²) in [7, 11) is 0. The molecular formula is C17H23ClFN3O6. The number of ether oxygens (including phenoxy) is 2. The molecule has 1 saturated heterocycles. The van der Waals surface area contributed by atoms with Crippen LogP contribution in [0.15, 0.2) is 17.1 Å². The predicted molar refractivity (Wildman–Crippen MR) is 97.4 cm³/mol. The van der Waals surface area contributed by atoms with Gasteiger partial charge in [-0.05, 0) is 6.07 Å². The van der Waals surface area contributed by atoms with Crippen molar-refractivity contribution in [2.45, 2.75) is 51.3 Å². The normalized spacial score (nSPS) is 27.2. The standard InChI is InChI=1S/C17H23ClFN3O6/c1-8(2)13(24)20-11-5-6-22(16(26)21-11)15-17(18,19)12(10(7-23)27-15)28-14(25)9(3)4/h5-6,8-10,12,15,23H,7H2,1-4H3,(H,20,21,24,26)/t10-,12-,15?,17-/m1/s1. The Morgan fingerprint density at radius 3 is 2.57 bits per heavy atom. The molecule has 1 unspecified atom stereocenters. The molecule has 2 heterocycles. The van der Waals surface area contributed by atoms with Crippen LogP contribution in [0, 0.1) is 11.8 Å². The number of carbonyl (C=O) groups is 2. The maximum absolute atomic E-state index is 15.3. The van der Waals surface area contributed by atoms with E-state index >= 15 is 4.39 Å². The van der Waals surface area contributed by atoms with Gasteiger partial charge < -0.3 is 19.9 Å². The van der Waals surface area contributed by atoms with Crippen LogP contribution in [0.2, 0.25) is 0 Å². The van der Waals surface area contributed by atoms with E-state index in [4.69, 9.17) is 21.1 Å². The summed E-state index contributed by atoms with van der Waals surface area (Å²) in [5.41, 5.74) is -0.943. The molecule has 0 aromatic carbocycles. The van der Waals surface area contributed by atoms with Gasteiger partial charge in [-0.25, -0.2) is 9.18 Å². The number of carbonyl (C=O) groups excluding carboxylic acids is 2. The van der Waals surface area contributed by atoms with E-state index in [2.05, 4.69) is 10.3 Å². The molecule has 156 valence electrons. The third kappa shape index (κ3) is 4.50. The molecule has 2 rings (SSSR count). The summed E-state index contributed by atoms with van der Waals surface area (Å²) < 4.78 is 26.5. The highest BCUT2D eigenvalue weighted by Crippen LogP contribution is 2.45. The molecule has 9 nitrogen and oxygen atoms in total. The molecule has 1 amide bonds. The first kappa shape index (κ1) is 22.3. The van der Waals surface area contributed by atoms with Crippen molar-refractivity contribution in [3.05, 3.63) is 22.7 Å². The Balaban J connectivity index is 2.30. The summed E-state index contributed by atoms with van der Waals surface area (Å²) in [5.74, 6) is -1.98. The minimum absolute atomic E-state index is 0.0153. The van der Waals surface area contributed by atoms with Crippen molar-refractivity contribution < 1.29 is 28.6 Å². The van der Waals surface area contributed by atoms with Crippen molar-refractivity contribution in [3.63, 3.8) is 0 Å². The summed E-state index contributed by atoms with van der Waals surface area (Å²) in [5, 5.41) is 9.08. The van der Waals surface area contributed by atoms with Gasteiger partial charge >= 0.3 is 11.7 Å². The van der Waals surface area contributed by atoms with E-state index < -0.39 is 47.7 Å². The first-order valence-electron chi connectivity index (χ1n) is 8.73. The van der Waals surface area contributed by atoms with Crippen LogP contribution in [0.25, 0.3) is 0 Å². The number of hydrogen-bond acceptors (Lipinski definition) is 7. The van der Waals surface area contributed by atoms with Gasteiger partial charge in [0.25, 0.3) is 5.13 Å². The minimum Gasteiger partial charge on any atom is -0.454 e. The number of aliphatic hydroxyl groups is 1. The summed E-state index contributed by atoms with van der Waals surface area (Å²) >= 11 is 5.96. The van der Waals surface area contributed by atoms with Gasteiger partial charge in [0, 0.05) is 12.1 Å².